The average Bonchev–Trinajstić information content (AvgIpc) is 2.87. The van der Waals surface area contributed by atoms with E-state index in [1.165, 1.54) is 42.5 Å². The Morgan fingerprint density at radius 3 is 2.27 bits per heavy atom. The molecule has 0 aliphatic rings. The minimum atomic E-state index is -4.72. The smallest absolute Gasteiger partial charge is 0.352 e. The van der Waals surface area contributed by atoms with Crippen molar-refractivity contribution in [1.82, 2.24) is 5.32 Å². The normalized spacial score (nSPS) is 11.6. The predicted octanol–water partition coefficient (Wildman–Crippen LogP) is 5.07. The molecule has 0 atom stereocenters. The first-order valence-electron chi connectivity index (χ1n) is 11.5. The third-order valence-corrected chi connectivity index (χ3v) is 7.13. The van der Waals surface area contributed by atoms with Crippen LogP contribution in [0.3, 0.4) is 0 Å². The molecule has 196 valence electrons. The molecule has 2 amide bonds. The van der Waals surface area contributed by atoms with Crippen LogP contribution >= 0.6 is 0 Å². The number of nitrogens with one attached hydrogen (secondary N) is 2. The van der Waals surface area contributed by atoms with Gasteiger partial charge in [-0.2, -0.15) is 13.2 Å². The lowest BCUT2D eigenvalue weighted by molar-refractivity contribution is -0.137. The summed E-state index contributed by atoms with van der Waals surface area (Å²) in [6.45, 7) is 1.58. The number of hydrogen-bond donors (Lipinski definition) is 2. The predicted molar refractivity (Wildman–Crippen MR) is 135 cm³/mol. The number of unbranched alkanes of at least 4 members (excludes halogenated alkanes) is 1. The molecule has 0 radical (unpaired) electrons. The fourth-order valence-electron chi connectivity index (χ4n) is 3.46. The number of alkyl halides is 3. The third-order valence-electron chi connectivity index (χ3n) is 5.34. The van der Waals surface area contributed by atoms with E-state index in [1.54, 1.807) is 18.2 Å². The molecular weight excluding hydrogens is 507 g/mol. The van der Waals surface area contributed by atoms with Crippen LogP contribution in [0.2, 0.25) is 0 Å². The average molecular weight is 534 g/mol. The van der Waals surface area contributed by atoms with Gasteiger partial charge in [-0.05, 0) is 48.9 Å². The van der Waals surface area contributed by atoms with Gasteiger partial charge in [-0.25, -0.2) is 8.42 Å². The second kappa shape index (κ2) is 11.9. The van der Waals surface area contributed by atoms with Crippen LogP contribution in [0.1, 0.15) is 35.7 Å². The van der Waals surface area contributed by atoms with Gasteiger partial charge in [0.05, 0.1) is 27.4 Å². The van der Waals surface area contributed by atoms with Crippen molar-refractivity contribution in [2.45, 2.75) is 30.8 Å². The van der Waals surface area contributed by atoms with Gasteiger partial charge in [0.15, 0.2) is 0 Å². The van der Waals surface area contributed by atoms with Gasteiger partial charge in [-0.1, -0.05) is 49.7 Å². The van der Waals surface area contributed by atoms with Crippen molar-refractivity contribution < 1.29 is 31.2 Å². The van der Waals surface area contributed by atoms with E-state index in [4.69, 9.17) is 0 Å². The maximum absolute atomic E-state index is 13.4. The monoisotopic (exact) mass is 533 g/mol. The van der Waals surface area contributed by atoms with Crippen molar-refractivity contribution >= 4 is 33.2 Å². The molecule has 0 saturated heterocycles. The van der Waals surface area contributed by atoms with E-state index in [0.717, 1.165) is 25.0 Å². The lowest BCUT2D eigenvalue weighted by atomic mass is 10.1. The molecular formula is C26H26F3N3O4S. The molecule has 0 saturated carbocycles. The topological polar surface area (TPSA) is 95.6 Å². The summed E-state index contributed by atoms with van der Waals surface area (Å²) in [5.41, 5.74) is -1.08. The summed E-state index contributed by atoms with van der Waals surface area (Å²) in [5, 5.41) is 5.27. The minimum absolute atomic E-state index is 0.141. The first kappa shape index (κ1) is 27.7. The van der Waals surface area contributed by atoms with Crippen LogP contribution in [0.15, 0.2) is 83.8 Å². The summed E-state index contributed by atoms with van der Waals surface area (Å²) in [4.78, 5) is 25.4. The largest absolute Gasteiger partial charge is 0.416 e. The number of hydrogen-bond acceptors (Lipinski definition) is 4. The Balaban J connectivity index is 1.94. The van der Waals surface area contributed by atoms with E-state index in [0.29, 0.717) is 16.9 Å². The van der Waals surface area contributed by atoms with Crippen LogP contribution in [0.4, 0.5) is 24.5 Å². The molecule has 0 bridgehead atoms. The number of rotatable bonds is 10. The van der Waals surface area contributed by atoms with Gasteiger partial charge in [0.25, 0.3) is 15.9 Å². The molecule has 2 N–H and O–H groups in total. The number of para-hydroxylation sites is 1. The summed E-state index contributed by atoms with van der Waals surface area (Å²) in [6.07, 6.45) is -3.08. The highest BCUT2D eigenvalue weighted by Crippen LogP contribution is 2.33. The van der Waals surface area contributed by atoms with E-state index >= 15 is 0 Å². The van der Waals surface area contributed by atoms with Crippen molar-refractivity contribution in [1.29, 1.82) is 0 Å². The molecule has 0 heterocycles. The molecule has 3 aromatic carbocycles. The highest BCUT2D eigenvalue weighted by atomic mass is 32.2. The molecule has 3 aromatic rings. The molecule has 0 unspecified atom stereocenters. The Morgan fingerprint density at radius 1 is 0.919 bits per heavy atom. The Bertz CT molecular complexity index is 1350. The van der Waals surface area contributed by atoms with Gasteiger partial charge in [-0.3, -0.25) is 13.9 Å². The number of carbonyl (C=O) groups excluding carboxylic acids is 2. The van der Waals surface area contributed by atoms with E-state index in [9.17, 15) is 31.2 Å². The number of nitrogens with zero attached hydrogens (tertiary/aromatic N) is 1. The SMILES string of the molecule is CCCCNC(=O)c1ccccc1NC(=O)CN(c1cccc(C(F)(F)F)c1)S(=O)(=O)c1ccccc1. The standard InChI is InChI=1S/C26H26F3N3O4S/c1-2-3-16-30-25(34)22-14-7-8-15-23(22)31-24(33)18-32(37(35,36)21-12-5-4-6-13-21)20-11-9-10-19(17-20)26(27,28)29/h4-15,17H,2-3,16,18H2,1H3,(H,30,34)(H,31,33). The zero-order chi connectivity index (χ0) is 27.1. The first-order valence-corrected chi connectivity index (χ1v) is 12.9. The summed E-state index contributed by atoms with van der Waals surface area (Å²) < 4.78 is 67.5. The molecule has 3 rings (SSSR count). The molecule has 0 aliphatic heterocycles. The summed E-state index contributed by atoms with van der Waals surface area (Å²) in [5.74, 6) is -1.26. The van der Waals surface area contributed by atoms with Crippen molar-refractivity contribution in [3.63, 3.8) is 0 Å². The van der Waals surface area contributed by atoms with Crippen molar-refractivity contribution in [2.75, 3.05) is 22.7 Å². The second-order valence-electron chi connectivity index (χ2n) is 8.08. The minimum Gasteiger partial charge on any atom is -0.352 e. The zero-order valence-corrected chi connectivity index (χ0v) is 20.8. The maximum atomic E-state index is 13.4. The van der Waals surface area contributed by atoms with E-state index in [-0.39, 0.29) is 21.8 Å². The Hall–Kier alpha value is -3.86. The fourth-order valence-corrected chi connectivity index (χ4v) is 4.89. The van der Waals surface area contributed by atoms with Gasteiger partial charge in [0.2, 0.25) is 5.91 Å². The number of carbonyl (C=O) groups is 2. The van der Waals surface area contributed by atoms with Crippen LogP contribution in [0.5, 0.6) is 0 Å². The lowest BCUT2D eigenvalue weighted by Gasteiger charge is -2.25. The number of anilines is 2. The lowest BCUT2D eigenvalue weighted by Crippen LogP contribution is -2.38. The molecule has 0 fully saturated rings. The van der Waals surface area contributed by atoms with Crippen molar-refractivity contribution in [3.8, 4) is 0 Å². The number of halogens is 3. The van der Waals surface area contributed by atoms with E-state index in [1.807, 2.05) is 6.92 Å². The van der Waals surface area contributed by atoms with Gasteiger partial charge in [-0.15, -0.1) is 0 Å². The summed E-state index contributed by atoms with van der Waals surface area (Å²) >= 11 is 0. The Labute approximate surface area is 213 Å². The molecule has 0 aliphatic carbocycles. The molecule has 37 heavy (non-hydrogen) atoms. The highest BCUT2D eigenvalue weighted by molar-refractivity contribution is 7.92. The third kappa shape index (κ3) is 7.10. The quantitative estimate of drug-likeness (QED) is 0.356. The fraction of sp³-hybridized carbons (Fsp3) is 0.231. The van der Waals surface area contributed by atoms with Crippen molar-refractivity contribution in [2.24, 2.45) is 0 Å². The van der Waals surface area contributed by atoms with E-state index in [2.05, 4.69) is 10.6 Å². The maximum Gasteiger partial charge on any atom is 0.416 e. The van der Waals surface area contributed by atoms with Gasteiger partial charge >= 0.3 is 6.18 Å². The first-order chi connectivity index (χ1) is 17.5. The summed E-state index contributed by atoms with van der Waals surface area (Å²) in [7, 11) is -4.42. The molecule has 0 spiro atoms. The van der Waals surface area contributed by atoms with Gasteiger partial charge in [0, 0.05) is 6.54 Å². The summed E-state index contributed by atoms with van der Waals surface area (Å²) in [6, 6.07) is 17.0. The second-order valence-corrected chi connectivity index (χ2v) is 9.94. The van der Waals surface area contributed by atoms with Crippen LogP contribution in [-0.4, -0.2) is 33.3 Å². The molecule has 0 aromatic heterocycles. The van der Waals surface area contributed by atoms with Crippen LogP contribution in [0, 0.1) is 0 Å². The zero-order valence-electron chi connectivity index (χ0n) is 20.0. The van der Waals surface area contributed by atoms with Gasteiger partial charge in [0.1, 0.15) is 6.54 Å². The Kier molecular flexibility index (Phi) is 8.93. The molecule has 11 heteroatoms. The van der Waals surface area contributed by atoms with Crippen LogP contribution < -0.4 is 14.9 Å². The van der Waals surface area contributed by atoms with Crippen molar-refractivity contribution in [3.05, 3.63) is 90.0 Å². The number of sulfonamides is 1. The molecule has 7 nitrogen and oxygen atoms in total. The van der Waals surface area contributed by atoms with Crippen LogP contribution in [0.25, 0.3) is 0 Å². The number of benzene rings is 3. The van der Waals surface area contributed by atoms with E-state index < -0.39 is 40.1 Å². The van der Waals surface area contributed by atoms with Crippen LogP contribution in [-0.2, 0) is 21.0 Å². The highest BCUT2D eigenvalue weighted by Gasteiger charge is 2.33. The number of amides is 2. The van der Waals surface area contributed by atoms with Gasteiger partial charge < -0.3 is 10.6 Å². The Morgan fingerprint density at radius 2 is 1.59 bits per heavy atom.